The molecule has 0 unspecified atom stereocenters. The molecule has 3 rings (SSSR count). The Balaban J connectivity index is 1.81. The van der Waals surface area contributed by atoms with Crippen LogP contribution in [0.25, 0.3) is 0 Å². The third-order valence-electron chi connectivity index (χ3n) is 6.29. The molecule has 0 aliphatic heterocycles. The fraction of sp³-hybridized carbons (Fsp3) is 0.619. The minimum Gasteiger partial charge on any atom is -0.411 e. The summed E-state index contributed by atoms with van der Waals surface area (Å²) in [6.45, 7) is 12.6. The summed E-state index contributed by atoms with van der Waals surface area (Å²) < 4.78 is 49.2. The van der Waals surface area contributed by atoms with Crippen LogP contribution in [0.3, 0.4) is 0 Å². The largest absolute Gasteiger partial charge is 0.433 e. The molecule has 1 saturated carbocycles. The Morgan fingerprint density at radius 1 is 1.23 bits per heavy atom. The average Bonchev–Trinajstić information content (AvgIpc) is 3.04. The lowest BCUT2D eigenvalue weighted by Gasteiger charge is -2.52. The monoisotopic (exact) mass is 454 g/mol. The molecular formula is C21H29F3N4O2Si. The van der Waals surface area contributed by atoms with E-state index in [2.05, 4.69) is 48.9 Å². The summed E-state index contributed by atoms with van der Waals surface area (Å²) in [6.07, 6.45) is -0.280. The van der Waals surface area contributed by atoms with Crippen molar-refractivity contribution in [1.82, 2.24) is 19.7 Å². The zero-order chi connectivity index (χ0) is 23.2. The van der Waals surface area contributed by atoms with Gasteiger partial charge in [0.1, 0.15) is 5.82 Å². The normalized spacial score (nSPS) is 22.3. The van der Waals surface area contributed by atoms with Crippen LogP contribution >= 0.6 is 0 Å². The predicted octanol–water partition coefficient (Wildman–Crippen LogP) is 5.23. The SMILES string of the molecule is CC1(O[Si](C)(C)C(C)(C)C)CC(n2ncc(C(=O)Cc3ncccn3)c2C(F)(F)F)C1. The molecule has 0 radical (unpaired) electrons. The van der Waals surface area contributed by atoms with E-state index in [1.807, 2.05) is 6.92 Å². The Kier molecular flexibility index (Phi) is 5.94. The first kappa shape index (κ1) is 23.6. The molecule has 0 aromatic carbocycles. The van der Waals surface area contributed by atoms with E-state index in [1.165, 1.54) is 12.4 Å². The molecule has 170 valence electrons. The first-order valence-corrected chi connectivity index (χ1v) is 13.2. The highest BCUT2D eigenvalue weighted by Gasteiger charge is 2.51. The minimum absolute atomic E-state index is 0.00300. The number of aromatic nitrogens is 4. The van der Waals surface area contributed by atoms with E-state index in [1.54, 1.807) is 6.07 Å². The van der Waals surface area contributed by atoms with E-state index in [4.69, 9.17) is 4.43 Å². The highest BCUT2D eigenvalue weighted by atomic mass is 28.4. The third-order valence-corrected chi connectivity index (χ3v) is 10.9. The summed E-state index contributed by atoms with van der Waals surface area (Å²) in [5.74, 6) is -0.531. The first-order valence-electron chi connectivity index (χ1n) is 10.3. The molecule has 1 aliphatic rings. The van der Waals surface area contributed by atoms with Crippen molar-refractivity contribution < 1.29 is 22.4 Å². The van der Waals surface area contributed by atoms with Gasteiger partial charge in [-0.2, -0.15) is 18.3 Å². The van der Waals surface area contributed by atoms with Crippen molar-refractivity contribution in [3.05, 3.63) is 41.7 Å². The molecule has 1 aliphatic carbocycles. The van der Waals surface area contributed by atoms with Crippen molar-refractivity contribution in [2.75, 3.05) is 0 Å². The number of halogens is 3. The topological polar surface area (TPSA) is 69.9 Å². The van der Waals surface area contributed by atoms with Gasteiger partial charge in [0.05, 0.1) is 29.8 Å². The van der Waals surface area contributed by atoms with Gasteiger partial charge in [-0.05, 0) is 44.0 Å². The zero-order valence-corrected chi connectivity index (χ0v) is 19.7. The molecule has 10 heteroatoms. The van der Waals surface area contributed by atoms with Gasteiger partial charge in [0.25, 0.3) is 0 Å². The van der Waals surface area contributed by atoms with Gasteiger partial charge in [0, 0.05) is 12.4 Å². The number of alkyl halides is 3. The maximum Gasteiger partial charge on any atom is 0.433 e. The number of ketones is 1. The Morgan fingerprint density at radius 2 is 1.81 bits per heavy atom. The van der Waals surface area contributed by atoms with Gasteiger partial charge in [-0.25, -0.2) is 9.97 Å². The van der Waals surface area contributed by atoms with Crippen molar-refractivity contribution >= 4 is 14.1 Å². The van der Waals surface area contributed by atoms with Crippen LogP contribution in [-0.4, -0.2) is 39.5 Å². The summed E-state index contributed by atoms with van der Waals surface area (Å²) in [7, 11) is -2.07. The number of carbonyl (C=O) groups is 1. The molecule has 2 aromatic heterocycles. The first-order chi connectivity index (χ1) is 14.1. The highest BCUT2D eigenvalue weighted by Crippen LogP contribution is 2.50. The standard InChI is InChI=1S/C21H29F3N4O2Si/c1-19(2,3)31(5,6)30-20(4)11-14(12-20)28-18(21(22,23)24)15(13-27-28)16(29)10-17-25-8-7-9-26-17/h7-9,13-14H,10-12H2,1-6H3. The van der Waals surface area contributed by atoms with Crippen molar-refractivity contribution in [2.24, 2.45) is 0 Å². The van der Waals surface area contributed by atoms with Crippen molar-refractivity contribution in [1.29, 1.82) is 0 Å². The van der Waals surface area contributed by atoms with Crippen LogP contribution in [0.4, 0.5) is 13.2 Å². The fourth-order valence-corrected chi connectivity index (χ4v) is 5.45. The molecule has 0 N–H and O–H groups in total. The second-order valence-electron chi connectivity index (χ2n) is 9.99. The van der Waals surface area contributed by atoms with Gasteiger partial charge in [0.15, 0.2) is 19.8 Å². The van der Waals surface area contributed by atoms with Crippen LogP contribution in [0.15, 0.2) is 24.7 Å². The second kappa shape index (κ2) is 7.81. The van der Waals surface area contributed by atoms with E-state index >= 15 is 0 Å². The maximum atomic E-state index is 13.9. The van der Waals surface area contributed by atoms with E-state index in [0.29, 0.717) is 12.8 Å². The molecule has 2 heterocycles. The minimum atomic E-state index is -4.70. The van der Waals surface area contributed by atoms with Crippen LogP contribution in [0, 0.1) is 0 Å². The lowest BCUT2D eigenvalue weighted by atomic mass is 9.77. The van der Waals surface area contributed by atoms with Gasteiger partial charge in [0.2, 0.25) is 0 Å². The molecule has 31 heavy (non-hydrogen) atoms. The van der Waals surface area contributed by atoms with E-state index < -0.39 is 43.2 Å². The van der Waals surface area contributed by atoms with E-state index in [-0.39, 0.29) is 17.3 Å². The lowest BCUT2D eigenvalue weighted by Crippen LogP contribution is -2.54. The Bertz CT molecular complexity index is 946. The number of rotatable bonds is 6. The van der Waals surface area contributed by atoms with Crippen molar-refractivity contribution in [3.8, 4) is 0 Å². The smallest absolute Gasteiger partial charge is 0.411 e. The maximum absolute atomic E-state index is 13.9. The number of Topliss-reactive ketones (excluding diaryl/α,β-unsaturated/α-hetero) is 1. The predicted molar refractivity (Wildman–Crippen MR) is 112 cm³/mol. The summed E-state index contributed by atoms with van der Waals surface area (Å²) >= 11 is 0. The Morgan fingerprint density at radius 3 is 2.32 bits per heavy atom. The quantitative estimate of drug-likeness (QED) is 0.441. The molecule has 0 bridgehead atoms. The van der Waals surface area contributed by atoms with Crippen molar-refractivity contribution in [3.63, 3.8) is 0 Å². The van der Waals surface area contributed by atoms with E-state index in [9.17, 15) is 18.0 Å². The van der Waals surface area contributed by atoms with Crippen LogP contribution in [0.2, 0.25) is 18.1 Å². The highest BCUT2D eigenvalue weighted by molar-refractivity contribution is 6.74. The number of hydrogen-bond donors (Lipinski definition) is 0. The average molecular weight is 455 g/mol. The van der Waals surface area contributed by atoms with Gasteiger partial charge in [-0.15, -0.1) is 0 Å². The van der Waals surface area contributed by atoms with Crippen LogP contribution < -0.4 is 0 Å². The Hall–Kier alpha value is -2.07. The van der Waals surface area contributed by atoms with Gasteiger partial charge in [-0.1, -0.05) is 20.8 Å². The number of hydrogen-bond acceptors (Lipinski definition) is 5. The summed E-state index contributed by atoms with van der Waals surface area (Å²) in [5, 5.41) is 3.97. The van der Waals surface area contributed by atoms with Crippen LogP contribution in [0.5, 0.6) is 0 Å². The molecule has 0 amide bonds. The molecule has 6 nitrogen and oxygen atoms in total. The second-order valence-corrected chi connectivity index (χ2v) is 14.7. The van der Waals surface area contributed by atoms with Crippen molar-refractivity contribution in [2.45, 2.75) is 82.9 Å². The number of nitrogens with zero attached hydrogens (tertiary/aromatic N) is 4. The zero-order valence-electron chi connectivity index (χ0n) is 18.7. The molecule has 0 spiro atoms. The molecule has 1 fully saturated rings. The summed E-state index contributed by atoms with van der Waals surface area (Å²) in [5.41, 5.74) is -1.95. The number of carbonyl (C=O) groups excluding carboxylic acids is 1. The Labute approximate surface area is 181 Å². The molecule has 2 aromatic rings. The molecule has 0 saturated heterocycles. The molecule has 0 atom stereocenters. The van der Waals surface area contributed by atoms with Gasteiger partial charge < -0.3 is 4.43 Å². The van der Waals surface area contributed by atoms with Gasteiger partial charge >= 0.3 is 6.18 Å². The van der Waals surface area contributed by atoms with Crippen LogP contribution in [0.1, 0.15) is 68.5 Å². The third kappa shape index (κ3) is 4.90. The lowest BCUT2D eigenvalue weighted by molar-refractivity contribution is -0.149. The molecular weight excluding hydrogens is 425 g/mol. The van der Waals surface area contributed by atoms with E-state index in [0.717, 1.165) is 10.9 Å². The summed E-state index contributed by atoms with van der Waals surface area (Å²) in [6, 6.07) is 1.10. The fourth-order valence-electron chi connectivity index (χ4n) is 3.75. The van der Waals surface area contributed by atoms with Crippen LogP contribution in [-0.2, 0) is 17.0 Å². The van der Waals surface area contributed by atoms with Gasteiger partial charge in [-0.3, -0.25) is 9.48 Å². The summed E-state index contributed by atoms with van der Waals surface area (Å²) in [4.78, 5) is 20.4.